The van der Waals surface area contributed by atoms with Gasteiger partial charge in [-0.05, 0) is 31.0 Å². The Labute approximate surface area is 141 Å². The van der Waals surface area contributed by atoms with E-state index in [1.165, 1.54) is 25.7 Å². The Morgan fingerprint density at radius 1 is 1.17 bits per heavy atom. The van der Waals surface area contributed by atoms with Gasteiger partial charge in [-0.1, -0.05) is 30.2 Å². The fourth-order valence-electron chi connectivity index (χ4n) is 3.36. The number of rotatable bonds is 5. The minimum atomic E-state index is 0.568. The van der Waals surface area contributed by atoms with Gasteiger partial charge in [0.15, 0.2) is 0 Å². The maximum Gasteiger partial charge on any atom is 0.128 e. The quantitative estimate of drug-likeness (QED) is 0.723. The molecule has 1 aromatic carbocycles. The van der Waals surface area contributed by atoms with Gasteiger partial charge >= 0.3 is 0 Å². The molecule has 4 rings (SSSR count). The van der Waals surface area contributed by atoms with Crippen LogP contribution >= 0.6 is 0 Å². The Hall–Kier alpha value is -2.63. The molecule has 0 N–H and O–H groups in total. The van der Waals surface area contributed by atoms with E-state index in [1.807, 2.05) is 35.1 Å². The van der Waals surface area contributed by atoms with E-state index >= 15 is 0 Å². The summed E-state index contributed by atoms with van der Waals surface area (Å²) in [5, 5.41) is 13.2. The van der Waals surface area contributed by atoms with Crippen LogP contribution in [-0.4, -0.2) is 31.9 Å². The van der Waals surface area contributed by atoms with Crippen LogP contribution in [0.25, 0.3) is 11.3 Å². The van der Waals surface area contributed by atoms with Gasteiger partial charge in [0, 0.05) is 11.8 Å². The van der Waals surface area contributed by atoms with Crippen molar-refractivity contribution in [3.8, 4) is 17.0 Å². The Balaban J connectivity index is 1.51. The van der Waals surface area contributed by atoms with Crippen molar-refractivity contribution < 1.29 is 4.74 Å². The van der Waals surface area contributed by atoms with Crippen LogP contribution in [0.3, 0.4) is 0 Å². The molecular weight excluding hydrogens is 302 g/mol. The summed E-state index contributed by atoms with van der Waals surface area (Å²) < 4.78 is 9.33. The van der Waals surface area contributed by atoms with Crippen molar-refractivity contribution in [1.82, 2.24) is 24.8 Å². The molecule has 6 nitrogen and oxygen atoms in total. The molecule has 2 heterocycles. The molecule has 24 heavy (non-hydrogen) atoms. The molecule has 124 valence electrons. The van der Waals surface area contributed by atoms with Crippen LogP contribution in [0.5, 0.6) is 5.75 Å². The van der Waals surface area contributed by atoms with Gasteiger partial charge in [0.1, 0.15) is 11.4 Å². The number of aromatic nitrogens is 5. The molecule has 1 fully saturated rings. The maximum atomic E-state index is 5.39. The number of hydrogen-bond acceptors (Lipinski definition) is 4. The molecule has 0 saturated heterocycles. The molecule has 0 bridgehead atoms. The van der Waals surface area contributed by atoms with Gasteiger partial charge in [0.05, 0.1) is 31.6 Å². The zero-order valence-corrected chi connectivity index (χ0v) is 13.8. The number of para-hydroxylation sites is 1. The standard InChI is InChI=1S/C18H21N5O/c1-24-18-9-5-4-8-16(18)17-13-22(21-19-17)12-14-10-11-23(20-14)15-6-2-3-7-15/h4-5,8-11,13,15H,2-3,6-7,12H2,1H3. The van der Waals surface area contributed by atoms with E-state index in [9.17, 15) is 0 Å². The second kappa shape index (κ2) is 6.47. The van der Waals surface area contributed by atoms with Crippen molar-refractivity contribution in [2.75, 3.05) is 7.11 Å². The van der Waals surface area contributed by atoms with E-state index in [0.29, 0.717) is 12.6 Å². The topological polar surface area (TPSA) is 57.8 Å². The van der Waals surface area contributed by atoms with E-state index in [4.69, 9.17) is 9.84 Å². The fraction of sp³-hybridized carbons (Fsp3) is 0.389. The Morgan fingerprint density at radius 2 is 2.00 bits per heavy atom. The summed E-state index contributed by atoms with van der Waals surface area (Å²) in [5.74, 6) is 0.801. The summed E-state index contributed by atoms with van der Waals surface area (Å²) in [6.07, 6.45) is 9.12. The SMILES string of the molecule is COc1ccccc1-c1cn(Cc2ccn(C3CCCC3)n2)nn1. The highest BCUT2D eigenvalue weighted by Crippen LogP contribution is 2.29. The number of ether oxygens (including phenoxy) is 1. The molecular formula is C18H21N5O. The van der Waals surface area contributed by atoms with E-state index in [0.717, 1.165) is 22.7 Å². The largest absolute Gasteiger partial charge is 0.496 e. The molecule has 0 unspecified atom stereocenters. The summed E-state index contributed by atoms with van der Waals surface area (Å²) in [6, 6.07) is 10.5. The Bertz CT molecular complexity index is 816. The van der Waals surface area contributed by atoms with E-state index in [2.05, 4.69) is 27.3 Å². The summed E-state index contributed by atoms with van der Waals surface area (Å²) in [6.45, 7) is 0.627. The van der Waals surface area contributed by atoms with Crippen LogP contribution in [0.4, 0.5) is 0 Å². The van der Waals surface area contributed by atoms with Crippen LogP contribution in [0.2, 0.25) is 0 Å². The van der Waals surface area contributed by atoms with Crippen LogP contribution in [-0.2, 0) is 6.54 Å². The molecule has 2 aromatic heterocycles. The lowest BCUT2D eigenvalue weighted by Gasteiger charge is -2.08. The van der Waals surface area contributed by atoms with Crippen molar-refractivity contribution in [3.63, 3.8) is 0 Å². The zero-order chi connectivity index (χ0) is 16.4. The average Bonchev–Trinajstić information content (AvgIpc) is 3.36. The molecule has 3 aromatic rings. The van der Waals surface area contributed by atoms with Gasteiger partial charge < -0.3 is 4.74 Å². The second-order valence-corrected chi connectivity index (χ2v) is 6.23. The summed E-state index contributed by atoms with van der Waals surface area (Å²) in [5.41, 5.74) is 2.77. The van der Waals surface area contributed by atoms with Gasteiger partial charge in [0.2, 0.25) is 0 Å². The number of benzene rings is 1. The molecule has 1 aliphatic rings. The lowest BCUT2D eigenvalue weighted by Crippen LogP contribution is -2.07. The van der Waals surface area contributed by atoms with E-state index in [1.54, 1.807) is 7.11 Å². The Morgan fingerprint density at radius 3 is 2.83 bits per heavy atom. The zero-order valence-electron chi connectivity index (χ0n) is 13.8. The first-order valence-corrected chi connectivity index (χ1v) is 8.41. The minimum Gasteiger partial charge on any atom is -0.496 e. The third-order valence-electron chi connectivity index (χ3n) is 4.61. The highest BCUT2D eigenvalue weighted by molar-refractivity contribution is 5.65. The molecule has 0 amide bonds. The van der Waals surface area contributed by atoms with Crippen molar-refractivity contribution in [2.24, 2.45) is 0 Å². The van der Waals surface area contributed by atoms with Crippen molar-refractivity contribution in [1.29, 1.82) is 0 Å². The molecule has 1 aliphatic carbocycles. The van der Waals surface area contributed by atoms with E-state index < -0.39 is 0 Å². The third-order valence-corrected chi connectivity index (χ3v) is 4.61. The number of methoxy groups -OCH3 is 1. The van der Waals surface area contributed by atoms with Gasteiger partial charge in [0.25, 0.3) is 0 Å². The number of hydrogen-bond donors (Lipinski definition) is 0. The molecule has 0 atom stereocenters. The Kier molecular flexibility index (Phi) is 4.02. The van der Waals surface area contributed by atoms with Gasteiger partial charge in [-0.3, -0.25) is 4.68 Å². The van der Waals surface area contributed by atoms with Crippen molar-refractivity contribution >= 4 is 0 Å². The summed E-state index contributed by atoms with van der Waals surface area (Å²) in [4.78, 5) is 0. The first kappa shape index (κ1) is 14.9. The van der Waals surface area contributed by atoms with E-state index in [-0.39, 0.29) is 0 Å². The highest BCUT2D eigenvalue weighted by Gasteiger charge is 2.17. The fourth-order valence-corrected chi connectivity index (χ4v) is 3.36. The lowest BCUT2D eigenvalue weighted by atomic mass is 10.1. The van der Waals surface area contributed by atoms with Gasteiger partial charge in [-0.15, -0.1) is 5.10 Å². The maximum absolute atomic E-state index is 5.39. The monoisotopic (exact) mass is 323 g/mol. The first-order chi connectivity index (χ1) is 11.8. The van der Waals surface area contributed by atoms with Crippen LogP contribution in [0.15, 0.2) is 42.7 Å². The smallest absolute Gasteiger partial charge is 0.128 e. The van der Waals surface area contributed by atoms with Crippen molar-refractivity contribution in [2.45, 2.75) is 38.3 Å². The molecule has 6 heteroatoms. The first-order valence-electron chi connectivity index (χ1n) is 8.41. The molecule has 0 spiro atoms. The highest BCUT2D eigenvalue weighted by atomic mass is 16.5. The lowest BCUT2D eigenvalue weighted by molar-refractivity contribution is 0.416. The normalized spacial score (nSPS) is 15.0. The second-order valence-electron chi connectivity index (χ2n) is 6.23. The van der Waals surface area contributed by atoms with Crippen LogP contribution in [0, 0.1) is 0 Å². The summed E-state index contributed by atoms with van der Waals surface area (Å²) >= 11 is 0. The summed E-state index contributed by atoms with van der Waals surface area (Å²) in [7, 11) is 1.67. The molecule has 1 saturated carbocycles. The van der Waals surface area contributed by atoms with Crippen molar-refractivity contribution in [3.05, 3.63) is 48.4 Å². The predicted octanol–water partition coefficient (Wildman–Crippen LogP) is 3.31. The minimum absolute atomic E-state index is 0.568. The van der Waals surface area contributed by atoms with Gasteiger partial charge in [-0.25, -0.2) is 4.68 Å². The predicted molar refractivity (Wildman–Crippen MR) is 90.8 cm³/mol. The number of nitrogens with zero attached hydrogens (tertiary/aromatic N) is 5. The van der Waals surface area contributed by atoms with Gasteiger partial charge in [-0.2, -0.15) is 5.10 Å². The van der Waals surface area contributed by atoms with Crippen LogP contribution < -0.4 is 4.74 Å². The molecule has 0 aliphatic heterocycles. The molecule has 0 radical (unpaired) electrons. The van der Waals surface area contributed by atoms with Crippen LogP contribution in [0.1, 0.15) is 37.4 Å². The average molecular weight is 323 g/mol. The third kappa shape index (κ3) is 2.91.